The van der Waals surface area contributed by atoms with Gasteiger partial charge in [0.15, 0.2) is 6.10 Å². The molecule has 0 spiro atoms. The van der Waals surface area contributed by atoms with Crippen LogP contribution in [0.1, 0.15) is 29.2 Å². The standard InChI is InChI=1S/C19H21ClN2O2/c1-12-8-13(2)18(14(3)9-12)11-21-22-19(23)15(4)24-17-7-5-6-16(20)10-17/h5-11,15H,1-4H3,(H,22,23). The van der Waals surface area contributed by atoms with Crippen molar-refractivity contribution >= 4 is 23.7 Å². The Labute approximate surface area is 147 Å². The lowest BCUT2D eigenvalue weighted by molar-refractivity contribution is -0.127. The van der Waals surface area contributed by atoms with Crippen molar-refractivity contribution in [3.05, 3.63) is 63.7 Å². The number of carbonyl (C=O) groups excluding carboxylic acids is 1. The predicted molar refractivity (Wildman–Crippen MR) is 97.9 cm³/mol. The quantitative estimate of drug-likeness (QED) is 0.653. The van der Waals surface area contributed by atoms with Crippen LogP contribution in [-0.4, -0.2) is 18.2 Å². The molecule has 0 heterocycles. The van der Waals surface area contributed by atoms with Crippen LogP contribution in [0.5, 0.6) is 5.75 Å². The van der Waals surface area contributed by atoms with Crippen LogP contribution in [0, 0.1) is 20.8 Å². The molecule has 0 aliphatic rings. The Hall–Kier alpha value is -2.33. The molecule has 0 saturated carbocycles. The van der Waals surface area contributed by atoms with Crippen molar-refractivity contribution in [3.63, 3.8) is 0 Å². The number of aryl methyl sites for hydroxylation is 3. The van der Waals surface area contributed by atoms with Gasteiger partial charge in [0.2, 0.25) is 0 Å². The highest BCUT2D eigenvalue weighted by atomic mass is 35.5. The van der Waals surface area contributed by atoms with Gasteiger partial charge in [0, 0.05) is 10.6 Å². The highest BCUT2D eigenvalue weighted by molar-refractivity contribution is 6.30. The molecule has 0 aliphatic heterocycles. The van der Waals surface area contributed by atoms with Crippen molar-refractivity contribution in [2.24, 2.45) is 5.10 Å². The molecular weight excluding hydrogens is 324 g/mol. The molecule has 4 nitrogen and oxygen atoms in total. The Morgan fingerprint density at radius 3 is 2.50 bits per heavy atom. The van der Waals surface area contributed by atoms with Crippen LogP contribution in [0.25, 0.3) is 0 Å². The number of halogens is 1. The second-order valence-corrected chi connectivity index (χ2v) is 6.20. The zero-order valence-corrected chi connectivity index (χ0v) is 15.0. The highest BCUT2D eigenvalue weighted by Crippen LogP contribution is 2.18. The van der Waals surface area contributed by atoms with Gasteiger partial charge in [-0.3, -0.25) is 4.79 Å². The smallest absolute Gasteiger partial charge is 0.280 e. The van der Waals surface area contributed by atoms with Crippen molar-refractivity contribution in [2.75, 3.05) is 0 Å². The minimum atomic E-state index is -0.680. The molecule has 1 amide bonds. The van der Waals surface area contributed by atoms with E-state index in [0.717, 1.165) is 16.7 Å². The van der Waals surface area contributed by atoms with E-state index in [1.54, 1.807) is 37.4 Å². The van der Waals surface area contributed by atoms with Crippen molar-refractivity contribution in [3.8, 4) is 5.75 Å². The van der Waals surface area contributed by atoms with Crippen LogP contribution in [0.2, 0.25) is 5.02 Å². The highest BCUT2D eigenvalue weighted by Gasteiger charge is 2.14. The molecule has 0 aromatic heterocycles. The maximum absolute atomic E-state index is 12.1. The van der Waals surface area contributed by atoms with Crippen LogP contribution in [0.4, 0.5) is 0 Å². The first kappa shape index (κ1) is 18.0. The average molecular weight is 345 g/mol. The van der Waals surface area contributed by atoms with E-state index in [2.05, 4.69) is 29.6 Å². The third-order valence-electron chi connectivity index (χ3n) is 3.58. The Morgan fingerprint density at radius 1 is 1.21 bits per heavy atom. The van der Waals surface area contributed by atoms with Crippen molar-refractivity contribution in [1.82, 2.24) is 5.43 Å². The number of benzene rings is 2. The summed E-state index contributed by atoms with van der Waals surface area (Å²) >= 11 is 5.90. The average Bonchev–Trinajstić information content (AvgIpc) is 2.49. The van der Waals surface area contributed by atoms with Gasteiger partial charge in [0.25, 0.3) is 5.91 Å². The van der Waals surface area contributed by atoms with Gasteiger partial charge in [0.1, 0.15) is 5.75 Å². The lowest BCUT2D eigenvalue weighted by Gasteiger charge is -2.13. The molecule has 24 heavy (non-hydrogen) atoms. The van der Waals surface area contributed by atoms with E-state index in [9.17, 15) is 4.79 Å². The summed E-state index contributed by atoms with van der Waals surface area (Å²) in [6, 6.07) is 11.1. The number of hydrogen-bond acceptors (Lipinski definition) is 3. The van der Waals surface area contributed by atoms with Gasteiger partial charge in [-0.1, -0.05) is 35.4 Å². The minimum Gasteiger partial charge on any atom is -0.481 e. The monoisotopic (exact) mass is 344 g/mol. The fourth-order valence-corrected chi connectivity index (χ4v) is 2.62. The molecule has 5 heteroatoms. The van der Waals surface area contributed by atoms with E-state index in [4.69, 9.17) is 16.3 Å². The summed E-state index contributed by atoms with van der Waals surface area (Å²) in [6.45, 7) is 7.76. The first-order chi connectivity index (χ1) is 11.4. The number of rotatable bonds is 5. The lowest BCUT2D eigenvalue weighted by Crippen LogP contribution is -2.33. The Morgan fingerprint density at radius 2 is 1.88 bits per heavy atom. The molecular formula is C19H21ClN2O2. The molecule has 126 valence electrons. The summed E-state index contributed by atoms with van der Waals surface area (Å²) in [5, 5.41) is 4.60. The van der Waals surface area contributed by atoms with E-state index in [0.29, 0.717) is 10.8 Å². The molecule has 1 atom stereocenters. The fraction of sp³-hybridized carbons (Fsp3) is 0.263. The molecule has 0 aliphatic carbocycles. The molecule has 2 aromatic carbocycles. The first-order valence-electron chi connectivity index (χ1n) is 7.70. The van der Waals surface area contributed by atoms with Crippen molar-refractivity contribution < 1.29 is 9.53 Å². The van der Waals surface area contributed by atoms with E-state index in [1.165, 1.54) is 5.56 Å². The third-order valence-corrected chi connectivity index (χ3v) is 3.82. The van der Waals surface area contributed by atoms with E-state index >= 15 is 0 Å². The van der Waals surface area contributed by atoms with Crippen LogP contribution >= 0.6 is 11.6 Å². The van der Waals surface area contributed by atoms with Gasteiger partial charge in [0.05, 0.1) is 6.21 Å². The topological polar surface area (TPSA) is 50.7 Å². The summed E-state index contributed by atoms with van der Waals surface area (Å²) in [5.74, 6) is 0.216. The van der Waals surface area contributed by atoms with Crippen molar-refractivity contribution in [2.45, 2.75) is 33.8 Å². The molecule has 1 N–H and O–H groups in total. The fourth-order valence-electron chi connectivity index (χ4n) is 2.44. The molecule has 2 rings (SSSR count). The molecule has 0 bridgehead atoms. The van der Waals surface area contributed by atoms with Gasteiger partial charge in [-0.15, -0.1) is 0 Å². The Bertz CT molecular complexity index is 749. The van der Waals surface area contributed by atoms with Crippen LogP contribution in [-0.2, 0) is 4.79 Å². The third kappa shape index (κ3) is 4.83. The van der Waals surface area contributed by atoms with Gasteiger partial charge in [-0.05, 0) is 57.0 Å². The van der Waals surface area contributed by atoms with Crippen molar-refractivity contribution in [1.29, 1.82) is 0 Å². The van der Waals surface area contributed by atoms with Gasteiger partial charge >= 0.3 is 0 Å². The summed E-state index contributed by atoms with van der Waals surface area (Å²) in [7, 11) is 0. The number of ether oxygens (including phenoxy) is 1. The zero-order valence-electron chi connectivity index (χ0n) is 14.3. The first-order valence-corrected chi connectivity index (χ1v) is 8.07. The normalized spacial score (nSPS) is 12.2. The van der Waals surface area contributed by atoms with Gasteiger partial charge < -0.3 is 4.74 Å². The molecule has 2 aromatic rings. The van der Waals surface area contributed by atoms with Gasteiger partial charge in [-0.2, -0.15) is 5.10 Å². The number of carbonyl (C=O) groups is 1. The molecule has 1 unspecified atom stereocenters. The number of nitrogens with one attached hydrogen (secondary N) is 1. The molecule has 0 saturated heterocycles. The van der Waals surface area contributed by atoms with E-state index in [1.807, 2.05) is 13.8 Å². The largest absolute Gasteiger partial charge is 0.481 e. The molecule has 0 fully saturated rings. The van der Waals surface area contributed by atoms with Crippen LogP contribution in [0.15, 0.2) is 41.5 Å². The maximum atomic E-state index is 12.1. The summed E-state index contributed by atoms with van der Waals surface area (Å²) in [4.78, 5) is 12.1. The zero-order chi connectivity index (χ0) is 17.7. The predicted octanol–water partition coefficient (Wildman–Crippen LogP) is 4.18. The molecule has 0 radical (unpaired) electrons. The summed E-state index contributed by atoms with van der Waals surface area (Å²) in [6.07, 6.45) is 0.981. The summed E-state index contributed by atoms with van der Waals surface area (Å²) in [5.41, 5.74) is 6.95. The minimum absolute atomic E-state index is 0.325. The number of hydrogen-bond donors (Lipinski definition) is 1. The Kier molecular flexibility index (Phi) is 5.99. The van der Waals surface area contributed by atoms with Crippen LogP contribution in [0.3, 0.4) is 0 Å². The lowest BCUT2D eigenvalue weighted by atomic mass is 10.0. The second kappa shape index (κ2) is 7.97. The summed E-state index contributed by atoms with van der Waals surface area (Å²) < 4.78 is 5.55. The number of amides is 1. The second-order valence-electron chi connectivity index (χ2n) is 5.76. The van der Waals surface area contributed by atoms with Gasteiger partial charge in [-0.25, -0.2) is 5.43 Å². The Balaban J connectivity index is 1.97. The van der Waals surface area contributed by atoms with E-state index < -0.39 is 6.10 Å². The van der Waals surface area contributed by atoms with Crippen LogP contribution < -0.4 is 10.2 Å². The number of nitrogens with zero attached hydrogens (tertiary/aromatic N) is 1. The number of hydrazone groups is 1. The maximum Gasteiger partial charge on any atom is 0.280 e. The SMILES string of the molecule is Cc1cc(C)c(C=NNC(=O)C(C)Oc2cccc(Cl)c2)c(C)c1. The van der Waals surface area contributed by atoms with E-state index in [-0.39, 0.29) is 5.91 Å².